The number of carboxylic acid groups (broad SMARTS) is 1. The summed E-state index contributed by atoms with van der Waals surface area (Å²) in [5.41, 5.74) is -1.55. The Kier molecular flexibility index (Phi) is 5.53. The van der Waals surface area contributed by atoms with Gasteiger partial charge in [0.05, 0.1) is 15.9 Å². The molecule has 12 nitrogen and oxygen atoms in total. The van der Waals surface area contributed by atoms with Crippen molar-refractivity contribution in [1.29, 1.82) is 0 Å². The molecule has 0 unspecified atom stereocenters. The van der Waals surface area contributed by atoms with E-state index in [0.717, 1.165) is 19.2 Å². The average molecular weight is 348 g/mol. The Labute approximate surface area is 129 Å². The van der Waals surface area contributed by atoms with Crippen LogP contribution in [0.5, 0.6) is 0 Å². The van der Waals surface area contributed by atoms with Crippen LogP contribution in [0.3, 0.4) is 0 Å². The summed E-state index contributed by atoms with van der Waals surface area (Å²) in [6, 6.07) is 2.16. The molecule has 2 N–H and O–H groups in total. The zero-order valence-corrected chi connectivity index (χ0v) is 12.5. The maximum atomic E-state index is 12.3. The molecule has 0 aliphatic rings. The summed E-state index contributed by atoms with van der Waals surface area (Å²) in [5.74, 6) is 0. The van der Waals surface area contributed by atoms with Gasteiger partial charge < -0.3 is 10.4 Å². The monoisotopic (exact) mass is 348 g/mol. The van der Waals surface area contributed by atoms with E-state index in [1.54, 1.807) is 0 Å². The van der Waals surface area contributed by atoms with Gasteiger partial charge in [0.1, 0.15) is 0 Å². The van der Waals surface area contributed by atoms with E-state index >= 15 is 0 Å². The minimum absolute atomic E-state index is 0.230. The Morgan fingerprint density at radius 2 is 1.91 bits per heavy atom. The normalized spacial score (nSPS) is 11.2. The second-order valence-electron chi connectivity index (χ2n) is 4.22. The fraction of sp³-hybridized carbons (Fsp3) is 0.300. The highest BCUT2D eigenvalue weighted by Crippen LogP contribution is 2.29. The van der Waals surface area contributed by atoms with Crippen molar-refractivity contribution in [3.63, 3.8) is 0 Å². The molecule has 1 rings (SSSR count). The third-order valence-corrected chi connectivity index (χ3v) is 4.65. The largest absolute Gasteiger partial charge is 0.465 e. The number of nitro benzene ring substituents is 2. The van der Waals surface area contributed by atoms with Gasteiger partial charge in [-0.15, -0.1) is 0 Å². The van der Waals surface area contributed by atoms with Crippen LogP contribution in [0.1, 0.15) is 0 Å². The molecule has 0 saturated carbocycles. The molecule has 0 atom stereocenters. The minimum atomic E-state index is -4.32. The number of carbonyl (C=O) groups is 1. The first-order valence-corrected chi connectivity index (χ1v) is 7.37. The number of nitro groups is 2. The van der Waals surface area contributed by atoms with E-state index in [9.17, 15) is 33.4 Å². The van der Waals surface area contributed by atoms with Crippen LogP contribution in [-0.2, 0) is 10.0 Å². The van der Waals surface area contributed by atoms with Gasteiger partial charge in [0, 0.05) is 26.2 Å². The third kappa shape index (κ3) is 4.33. The molecule has 23 heavy (non-hydrogen) atoms. The van der Waals surface area contributed by atoms with Crippen LogP contribution in [0, 0.1) is 20.2 Å². The molecule has 0 saturated heterocycles. The number of non-ortho nitro benzene ring substituents is 1. The molecule has 13 heteroatoms. The summed E-state index contributed by atoms with van der Waals surface area (Å²) in [7, 11) is -3.22. The molecule has 0 aliphatic heterocycles. The number of benzene rings is 1. The van der Waals surface area contributed by atoms with Crippen LogP contribution < -0.4 is 5.32 Å². The summed E-state index contributed by atoms with van der Waals surface area (Å²) >= 11 is 0. The van der Waals surface area contributed by atoms with Crippen molar-refractivity contribution in [1.82, 2.24) is 9.62 Å². The van der Waals surface area contributed by atoms with Crippen molar-refractivity contribution < 1.29 is 28.2 Å². The lowest BCUT2D eigenvalue weighted by molar-refractivity contribution is -0.396. The first-order chi connectivity index (χ1) is 10.6. The molecule has 0 aliphatic carbocycles. The van der Waals surface area contributed by atoms with E-state index in [4.69, 9.17) is 5.11 Å². The Bertz CT molecular complexity index is 747. The van der Waals surface area contributed by atoms with E-state index in [1.165, 1.54) is 0 Å². The van der Waals surface area contributed by atoms with Gasteiger partial charge in [-0.05, 0) is 6.07 Å². The van der Waals surface area contributed by atoms with Crippen LogP contribution in [-0.4, -0.2) is 53.9 Å². The summed E-state index contributed by atoms with van der Waals surface area (Å²) < 4.78 is 25.3. The number of hydrogen-bond acceptors (Lipinski definition) is 7. The van der Waals surface area contributed by atoms with Crippen molar-refractivity contribution in [2.75, 3.05) is 20.1 Å². The second-order valence-corrected chi connectivity index (χ2v) is 6.24. The highest BCUT2D eigenvalue weighted by atomic mass is 32.2. The van der Waals surface area contributed by atoms with Gasteiger partial charge in [-0.3, -0.25) is 20.2 Å². The van der Waals surface area contributed by atoms with Crippen molar-refractivity contribution in [2.24, 2.45) is 0 Å². The number of nitrogens with zero attached hydrogens (tertiary/aromatic N) is 3. The molecule has 1 aromatic carbocycles. The zero-order valence-electron chi connectivity index (χ0n) is 11.7. The van der Waals surface area contributed by atoms with Gasteiger partial charge in [0.25, 0.3) is 11.4 Å². The summed E-state index contributed by atoms with van der Waals surface area (Å²) in [4.78, 5) is 29.3. The van der Waals surface area contributed by atoms with Crippen molar-refractivity contribution in [3.8, 4) is 0 Å². The van der Waals surface area contributed by atoms with E-state index in [-0.39, 0.29) is 13.1 Å². The second kappa shape index (κ2) is 6.97. The zero-order chi connectivity index (χ0) is 17.8. The fourth-order valence-electron chi connectivity index (χ4n) is 1.59. The number of amides is 1. The first-order valence-electron chi connectivity index (χ1n) is 5.93. The Morgan fingerprint density at radius 1 is 1.30 bits per heavy atom. The highest BCUT2D eigenvalue weighted by Gasteiger charge is 2.31. The summed E-state index contributed by atoms with van der Waals surface area (Å²) in [6.07, 6.45) is -1.35. The van der Waals surface area contributed by atoms with E-state index in [0.29, 0.717) is 10.4 Å². The van der Waals surface area contributed by atoms with Crippen molar-refractivity contribution >= 4 is 27.5 Å². The average Bonchev–Trinajstić information content (AvgIpc) is 2.45. The lowest BCUT2D eigenvalue weighted by Gasteiger charge is -2.16. The smallest absolute Gasteiger partial charge is 0.404 e. The van der Waals surface area contributed by atoms with Crippen LogP contribution >= 0.6 is 0 Å². The van der Waals surface area contributed by atoms with Gasteiger partial charge in [0.15, 0.2) is 4.90 Å². The van der Waals surface area contributed by atoms with E-state index < -0.39 is 42.2 Å². The third-order valence-electron chi connectivity index (χ3n) is 2.74. The number of likely N-dealkylation sites (N-methyl/N-ethyl adjacent to an activating group) is 1. The topological polar surface area (TPSA) is 173 Å². The quantitative estimate of drug-likeness (QED) is 0.525. The van der Waals surface area contributed by atoms with Crippen LogP contribution in [0.15, 0.2) is 23.1 Å². The fourth-order valence-corrected chi connectivity index (χ4v) is 2.89. The minimum Gasteiger partial charge on any atom is -0.465 e. The Morgan fingerprint density at radius 3 is 2.39 bits per heavy atom. The maximum absolute atomic E-state index is 12.3. The molecule has 0 heterocycles. The molecule has 1 amide bonds. The Balaban J connectivity index is 3.19. The molecule has 0 fully saturated rings. The van der Waals surface area contributed by atoms with E-state index in [2.05, 4.69) is 0 Å². The predicted octanol–water partition coefficient (Wildman–Crippen LogP) is 0.391. The highest BCUT2D eigenvalue weighted by molar-refractivity contribution is 7.89. The lowest BCUT2D eigenvalue weighted by atomic mass is 10.3. The number of rotatable bonds is 7. The number of hydrogen-bond donors (Lipinski definition) is 2. The van der Waals surface area contributed by atoms with Crippen molar-refractivity contribution in [3.05, 3.63) is 38.4 Å². The molecule has 1 aromatic rings. The van der Waals surface area contributed by atoms with Crippen molar-refractivity contribution in [2.45, 2.75) is 4.90 Å². The van der Waals surface area contributed by atoms with Gasteiger partial charge >= 0.3 is 6.09 Å². The number of sulfonamides is 1. The van der Waals surface area contributed by atoms with Gasteiger partial charge in [-0.1, -0.05) is 0 Å². The molecule has 126 valence electrons. The SMILES string of the molecule is CN(CCNC(=O)O)S(=O)(=O)c1ccc([N+](=O)[O-])cc1[N+](=O)[O-]. The summed E-state index contributed by atoms with van der Waals surface area (Å²) in [5, 5.41) is 32.0. The maximum Gasteiger partial charge on any atom is 0.404 e. The standard InChI is InChI=1S/C10H12N4O8S/c1-12(5-4-11-10(15)16)23(21,22)9-3-2-7(13(17)18)6-8(9)14(19)20/h2-3,6,11H,4-5H2,1H3,(H,15,16). The number of nitrogens with one attached hydrogen (secondary N) is 1. The Hall–Kier alpha value is -2.80. The van der Waals surface area contributed by atoms with Crippen LogP contribution in [0.2, 0.25) is 0 Å². The van der Waals surface area contributed by atoms with Crippen LogP contribution in [0.25, 0.3) is 0 Å². The van der Waals surface area contributed by atoms with Gasteiger partial charge in [-0.2, -0.15) is 4.31 Å². The van der Waals surface area contributed by atoms with Gasteiger partial charge in [0.2, 0.25) is 10.0 Å². The first kappa shape index (κ1) is 18.2. The summed E-state index contributed by atoms with van der Waals surface area (Å²) in [6.45, 7) is -0.505. The predicted molar refractivity (Wildman–Crippen MR) is 75.6 cm³/mol. The molecule has 0 bridgehead atoms. The molecule has 0 radical (unpaired) electrons. The molecular formula is C10H12N4O8S. The molecule has 0 aromatic heterocycles. The lowest BCUT2D eigenvalue weighted by Crippen LogP contribution is -2.35. The van der Waals surface area contributed by atoms with Gasteiger partial charge in [-0.25, -0.2) is 13.2 Å². The molecule has 0 spiro atoms. The van der Waals surface area contributed by atoms with E-state index in [1.807, 2.05) is 5.32 Å². The molecular weight excluding hydrogens is 336 g/mol. The van der Waals surface area contributed by atoms with Crippen LogP contribution in [0.4, 0.5) is 16.2 Å².